The monoisotopic (exact) mass is 432 g/mol. The summed E-state index contributed by atoms with van der Waals surface area (Å²) in [6, 6.07) is 18.6. The number of nitrogens with zero attached hydrogens (tertiary/aromatic N) is 1. The second-order valence-corrected chi connectivity index (χ2v) is 7.68. The first-order valence-corrected chi connectivity index (χ1v) is 10.2. The molecule has 1 unspecified atom stereocenters. The lowest BCUT2D eigenvalue weighted by Crippen LogP contribution is -2.38. The molecule has 2 aromatic carbocycles. The number of aromatic nitrogens is 1. The minimum Gasteiger partial charge on any atom is -0.481 e. The number of carboxylic acids is 2. The zero-order valence-corrected chi connectivity index (χ0v) is 17.6. The van der Waals surface area contributed by atoms with E-state index in [9.17, 15) is 19.5 Å². The lowest BCUT2D eigenvalue weighted by molar-refractivity contribution is -0.141. The van der Waals surface area contributed by atoms with Crippen LogP contribution in [0.2, 0.25) is 0 Å². The highest BCUT2D eigenvalue weighted by molar-refractivity contribution is 5.97. The summed E-state index contributed by atoms with van der Waals surface area (Å²) in [6.45, 7) is 1.59. The number of nitrogens with one attached hydrogen (secondary N) is 1. The van der Waals surface area contributed by atoms with Crippen molar-refractivity contribution in [2.24, 2.45) is 5.92 Å². The molecule has 2 atom stereocenters. The highest BCUT2D eigenvalue weighted by Gasteiger charge is 2.22. The molecule has 7 nitrogen and oxygen atoms in total. The van der Waals surface area contributed by atoms with Gasteiger partial charge in [0.15, 0.2) is 0 Å². The molecule has 32 heavy (non-hydrogen) atoms. The number of aliphatic carboxylic acids is 1. The van der Waals surface area contributed by atoms with Gasteiger partial charge in [-0.15, -0.1) is 0 Å². The molecular weight excluding hydrogens is 408 g/mol. The summed E-state index contributed by atoms with van der Waals surface area (Å²) >= 11 is 0. The number of rotatable bonds is 9. The van der Waals surface area contributed by atoms with Crippen molar-refractivity contribution in [1.82, 2.24) is 10.3 Å². The number of carbonyl (C=O) groups excluding carboxylic acids is 1. The maximum absolute atomic E-state index is 12.7. The van der Waals surface area contributed by atoms with Gasteiger partial charge in [0.25, 0.3) is 5.91 Å². The molecule has 3 N–H and O–H groups in total. The second kappa shape index (κ2) is 10.3. The third-order valence-electron chi connectivity index (χ3n) is 5.19. The molecule has 0 radical (unpaired) electrons. The normalized spacial score (nSPS) is 12.5. The third kappa shape index (κ3) is 6.01. The van der Waals surface area contributed by atoms with Gasteiger partial charge >= 0.3 is 11.9 Å². The van der Waals surface area contributed by atoms with Crippen molar-refractivity contribution < 1.29 is 24.6 Å². The van der Waals surface area contributed by atoms with Crippen LogP contribution < -0.4 is 5.32 Å². The molecule has 0 aliphatic carbocycles. The summed E-state index contributed by atoms with van der Waals surface area (Å²) in [6.07, 6.45) is 3.11. The first-order chi connectivity index (χ1) is 15.3. The Balaban J connectivity index is 1.77. The Kier molecular flexibility index (Phi) is 7.33. The number of hydrogen-bond donors (Lipinski definition) is 3. The van der Waals surface area contributed by atoms with Gasteiger partial charge < -0.3 is 15.5 Å². The van der Waals surface area contributed by atoms with Crippen LogP contribution in [0.15, 0.2) is 73.1 Å². The number of aromatic carboxylic acids is 1. The first-order valence-electron chi connectivity index (χ1n) is 10.2. The molecule has 0 bridgehead atoms. The highest BCUT2D eigenvalue weighted by atomic mass is 16.4. The standard InChI is InChI=1S/C25H24N2O5/c1-16(24(29)30)11-22(27-23(28)20-13-21(25(31)32)15-26-14-20)12-17-7-9-19(10-8-17)18-5-3-2-4-6-18/h2-10,13-16,22H,11-12H2,1H3,(H,27,28)(H,29,30)(H,31,32)/t16-,22?/m1/s1. The van der Waals surface area contributed by atoms with E-state index < -0.39 is 29.8 Å². The van der Waals surface area contributed by atoms with Gasteiger partial charge in [0.1, 0.15) is 0 Å². The largest absolute Gasteiger partial charge is 0.481 e. The van der Waals surface area contributed by atoms with Crippen molar-refractivity contribution in [3.63, 3.8) is 0 Å². The quantitative estimate of drug-likeness (QED) is 0.472. The molecular formula is C25H24N2O5. The predicted molar refractivity (Wildman–Crippen MR) is 119 cm³/mol. The average molecular weight is 432 g/mol. The van der Waals surface area contributed by atoms with Gasteiger partial charge in [0.2, 0.25) is 0 Å². The fourth-order valence-corrected chi connectivity index (χ4v) is 3.42. The van der Waals surface area contributed by atoms with Gasteiger partial charge in [0, 0.05) is 18.4 Å². The molecule has 1 amide bonds. The van der Waals surface area contributed by atoms with Crippen molar-refractivity contribution in [1.29, 1.82) is 0 Å². The lowest BCUT2D eigenvalue weighted by Gasteiger charge is -2.21. The third-order valence-corrected chi connectivity index (χ3v) is 5.19. The van der Waals surface area contributed by atoms with Gasteiger partial charge in [0.05, 0.1) is 17.0 Å². The summed E-state index contributed by atoms with van der Waals surface area (Å²) in [5, 5.41) is 21.3. The van der Waals surface area contributed by atoms with E-state index in [1.807, 2.05) is 54.6 Å². The number of pyridine rings is 1. The molecule has 0 aliphatic heterocycles. The summed E-state index contributed by atoms with van der Waals surface area (Å²) in [7, 11) is 0. The minimum atomic E-state index is -1.18. The highest BCUT2D eigenvalue weighted by Crippen LogP contribution is 2.21. The van der Waals surface area contributed by atoms with Crippen LogP contribution in [0.1, 0.15) is 39.6 Å². The van der Waals surface area contributed by atoms with Gasteiger partial charge in [-0.25, -0.2) is 4.79 Å². The van der Waals surface area contributed by atoms with E-state index in [2.05, 4.69) is 10.3 Å². The Morgan fingerprint density at radius 1 is 0.906 bits per heavy atom. The fraction of sp³-hybridized carbons (Fsp3) is 0.200. The van der Waals surface area contributed by atoms with Gasteiger partial charge in [-0.2, -0.15) is 0 Å². The lowest BCUT2D eigenvalue weighted by atomic mass is 9.94. The van der Waals surface area contributed by atoms with Gasteiger partial charge in [-0.1, -0.05) is 61.5 Å². The van der Waals surface area contributed by atoms with E-state index in [0.717, 1.165) is 22.9 Å². The maximum atomic E-state index is 12.7. The molecule has 3 rings (SSSR count). The van der Waals surface area contributed by atoms with E-state index in [4.69, 9.17) is 5.11 Å². The Morgan fingerprint density at radius 3 is 2.16 bits per heavy atom. The molecule has 0 saturated heterocycles. The molecule has 0 saturated carbocycles. The molecule has 0 spiro atoms. The zero-order chi connectivity index (χ0) is 23.1. The number of benzene rings is 2. The molecule has 0 aliphatic rings. The van der Waals surface area contributed by atoms with Crippen molar-refractivity contribution in [2.75, 3.05) is 0 Å². The van der Waals surface area contributed by atoms with Crippen molar-refractivity contribution in [3.8, 4) is 11.1 Å². The second-order valence-electron chi connectivity index (χ2n) is 7.68. The number of hydrogen-bond acceptors (Lipinski definition) is 4. The van der Waals surface area contributed by atoms with Gasteiger partial charge in [-0.05, 0) is 35.6 Å². The van der Waals surface area contributed by atoms with E-state index in [1.165, 1.54) is 12.3 Å². The van der Waals surface area contributed by atoms with Gasteiger partial charge in [-0.3, -0.25) is 14.6 Å². The van der Waals surface area contributed by atoms with Crippen LogP contribution in [0.3, 0.4) is 0 Å². The predicted octanol–water partition coefficient (Wildman–Crippen LogP) is 3.90. The summed E-state index contributed by atoms with van der Waals surface area (Å²) < 4.78 is 0. The SMILES string of the molecule is C[C@H](CC(Cc1ccc(-c2ccccc2)cc1)NC(=O)c1cncc(C(=O)O)c1)C(=O)O. The molecule has 3 aromatic rings. The van der Waals surface area contributed by atoms with Crippen LogP contribution in [0, 0.1) is 5.92 Å². The minimum absolute atomic E-state index is 0.0930. The van der Waals surface area contributed by atoms with Crippen molar-refractivity contribution >= 4 is 17.8 Å². The van der Waals surface area contributed by atoms with Crippen LogP contribution in [-0.2, 0) is 11.2 Å². The maximum Gasteiger partial charge on any atom is 0.337 e. The summed E-state index contributed by atoms with van der Waals surface area (Å²) in [4.78, 5) is 39.1. The Morgan fingerprint density at radius 2 is 1.53 bits per heavy atom. The van der Waals surface area contributed by atoms with Crippen LogP contribution >= 0.6 is 0 Å². The fourth-order valence-electron chi connectivity index (χ4n) is 3.42. The zero-order valence-electron chi connectivity index (χ0n) is 17.6. The van der Waals surface area contributed by atoms with Crippen LogP contribution in [0.4, 0.5) is 0 Å². The molecule has 1 heterocycles. The topological polar surface area (TPSA) is 117 Å². The smallest absolute Gasteiger partial charge is 0.337 e. The Hall–Kier alpha value is -4.00. The number of amides is 1. The van der Waals surface area contributed by atoms with E-state index in [0.29, 0.717) is 6.42 Å². The van der Waals surface area contributed by atoms with Crippen LogP contribution in [-0.4, -0.2) is 39.1 Å². The molecule has 164 valence electrons. The van der Waals surface area contributed by atoms with E-state index in [-0.39, 0.29) is 17.5 Å². The summed E-state index contributed by atoms with van der Waals surface area (Å²) in [5.74, 6) is -3.28. The van der Waals surface area contributed by atoms with Crippen molar-refractivity contribution in [2.45, 2.75) is 25.8 Å². The number of carboxylic acid groups (broad SMARTS) is 2. The molecule has 7 heteroatoms. The molecule has 0 fully saturated rings. The van der Waals surface area contributed by atoms with Crippen LogP contribution in [0.25, 0.3) is 11.1 Å². The molecule has 1 aromatic heterocycles. The summed E-state index contributed by atoms with van der Waals surface area (Å²) in [5.41, 5.74) is 3.12. The Labute approximate surface area is 185 Å². The Bertz CT molecular complexity index is 1100. The first kappa shape index (κ1) is 22.7. The van der Waals surface area contributed by atoms with E-state index in [1.54, 1.807) is 6.92 Å². The van der Waals surface area contributed by atoms with E-state index >= 15 is 0 Å². The van der Waals surface area contributed by atoms with Crippen LogP contribution in [0.5, 0.6) is 0 Å². The van der Waals surface area contributed by atoms with Crippen molar-refractivity contribution in [3.05, 3.63) is 89.7 Å². The number of carbonyl (C=O) groups is 3. The average Bonchev–Trinajstić information content (AvgIpc) is 2.80.